The number of ether oxygens (including phenoxy) is 1. The number of hydrogen-bond donors (Lipinski definition) is 2. The summed E-state index contributed by atoms with van der Waals surface area (Å²) < 4.78 is 5.61. The Morgan fingerprint density at radius 3 is 3.17 bits per heavy atom. The quantitative estimate of drug-likeness (QED) is 0.837. The van der Waals surface area contributed by atoms with Gasteiger partial charge in [-0.15, -0.1) is 0 Å². The number of nitrogens with one attached hydrogen (secondary N) is 2. The van der Waals surface area contributed by atoms with E-state index in [1.54, 1.807) is 6.92 Å². The van der Waals surface area contributed by atoms with Crippen LogP contribution in [0.3, 0.4) is 0 Å². The molecule has 1 fully saturated rings. The van der Waals surface area contributed by atoms with Crippen molar-refractivity contribution in [2.75, 3.05) is 38.6 Å². The number of anilines is 1. The molecule has 0 aliphatic carbocycles. The first-order chi connectivity index (χ1) is 8.56. The van der Waals surface area contributed by atoms with E-state index in [4.69, 9.17) is 16.3 Å². The summed E-state index contributed by atoms with van der Waals surface area (Å²) in [4.78, 5) is 20.4. The number of hydrogen-bond acceptors (Lipinski definition) is 5. The van der Waals surface area contributed by atoms with Crippen LogP contribution >= 0.6 is 11.6 Å². The lowest BCUT2D eigenvalue weighted by Crippen LogP contribution is -2.43. The Morgan fingerprint density at radius 2 is 2.44 bits per heavy atom. The van der Waals surface area contributed by atoms with Crippen LogP contribution in [0.5, 0.6) is 0 Å². The van der Waals surface area contributed by atoms with Crippen LogP contribution < -0.4 is 10.9 Å². The molecule has 0 saturated carbocycles. The minimum atomic E-state index is -0.326. The predicted octanol–water partition coefficient (Wildman–Crippen LogP) is 0.474. The maximum Gasteiger partial charge on any atom is 0.271 e. The normalized spacial score (nSPS) is 20.9. The fraction of sp³-hybridized carbons (Fsp3) is 0.636. The van der Waals surface area contributed by atoms with Gasteiger partial charge in [-0.1, -0.05) is 11.6 Å². The van der Waals surface area contributed by atoms with E-state index >= 15 is 0 Å². The molecular weight excluding hydrogens is 256 g/mol. The molecule has 1 aromatic rings. The van der Waals surface area contributed by atoms with Crippen molar-refractivity contribution >= 4 is 17.4 Å². The van der Waals surface area contributed by atoms with Crippen molar-refractivity contribution in [1.29, 1.82) is 0 Å². The largest absolute Gasteiger partial charge is 0.374 e. The minimum absolute atomic E-state index is 0.0845. The van der Waals surface area contributed by atoms with Crippen molar-refractivity contribution in [3.8, 4) is 0 Å². The van der Waals surface area contributed by atoms with Crippen LogP contribution in [0.25, 0.3) is 0 Å². The number of H-pyrrole nitrogens is 1. The van der Waals surface area contributed by atoms with Gasteiger partial charge in [-0.05, 0) is 14.0 Å². The smallest absolute Gasteiger partial charge is 0.271 e. The number of nitrogens with zero attached hydrogens (tertiary/aromatic N) is 2. The lowest BCUT2D eigenvalue weighted by Gasteiger charge is -2.30. The Labute approximate surface area is 110 Å². The zero-order valence-corrected chi connectivity index (χ0v) is 11.3. The van der Waals surface area contributed by atoms with Gasteiger partial charge in [0.25, 0.3) is 5.56 Å². The second kappa shape index (κ2) is 5.69. The lowest BCUT2D eigenvalue weighted by atomic mass is 10.3. The van der Waals surface area contributed by atoms with Crippen molar-refractivity contribution in [3.05, 3.63) is 21.2 Å². The average Bonchev–Trinajstić information content (AvgIpc) is 2.32. The van der Waals surface area contributed by atoms with Crippen LogP contribution in [0, 0.1) is 6.92 Å². The highest BCUT2D eigenvalue weighted by Gasteiger charge is 2.18. The zero-order chi connectivity index (χ0) is 13.1. The number of aromatic nitrogens is 2. The molecule has 1 aliphatic rings. The first kappa shape index (κ1) is 13.3. The lowest BCUT2D eigenvalue weighted by molar-refractivity contribution is -0.0117. The molecule has 2 N–H and O–H groups in total. The van der Waals surface area contributed by atoms with Crippen LogP contribution in [0.15, 0.2) is 4.79 Å². The van der Waals surface area contributed by atoms with E-state index in [0.29, 0.717) is 18.2 Å². The van der Waals surface area contributed by atoms with Gasteiger partial charge in [0.2, 0.25) is 0 Å². The minimum Gasteiger partial charge on any atom is -0.374 e. The highest BCUT2D eigenvalue weighted by atomic mass is 35.5. The molecule has 1 aliphatic heterocycles. The standard InChI is InChI=1S/C11H17ClN4O2/c1-7-14-10(9(12)11(17)15-7)13-5-8-6-16(2)3-4-18-8/h8H,3-6H2,1-2H3,(H2,13,14,15,17)/t8-/m1/s1. The Balaban J connectivity index is 1.99. The fourth-order valence-corrected chi connectivity index (χ4v) is 2.05. The van der Waals surface area contributed by atoms with Crippen LogP contribution in [-0.2, 0) is 4.74 Å². The summed E-state index contributed by atoms with van der Waals surface area (Å²) in [6.07, 6.45) is 0.0845. The van der Waals surface area contributed by atoms with Crippen molar-refractivity contribution in [1.82, 2.24) is 14.9 Å². The van der Waals surface area contributed by atoms with Gasteiger partial charge in [0.05, 0.1) is 12.7 Å². The van der Waals surface area contributed by atoms with Gasteiger partial charge in [0, 0.05) is 19.6 Å². The Kier molecular flexibility index (Phi) is 4.21. The maximum absolute atomic E-state index is 11.5. The summed E-state index contributed by atoms with van der Waals surface area (Å²) in [5, 5.41) is 3.16. The van der Waals surface area contributed by atoms with Gasteiger partial charge in [-0.25, -0.2) is 4.98 Å². The molecule has 2 heterocycles. The van der Waals surface area contributed by atoms with E-state index < -0.39 is 0 Å². The number of morpholine rings is 1. The third kappa shape index (κ3) is 3.22. The van der Waals surface area contributed by atoms with Gasteiger partial charge in [-0.3, -0.25) is 4.79 Å². The highest BCUT2D eigenvalue weighted by Crippen LogP contribution is 2.14. The Hall–Kier alpha value is -1.11. The van der Waals surface area contributed by atoms with Crippen molar-refractivity contribution in [2.24, 2.45) is 0 Å². The molecule has 0 spiro atoms. The first-order valence-corrected chi connectivity index (χ1v) is 6.24. The number of aryl methyl sites for hydroxylation is 1. The molecule has 1 atom stereocenters. The number of halogens is 1. The summed E-state index contributed by atoms with van der Waals surface area (Å²) >= 11 is 5.89. The van der Waals surface area contributed by atoms with Gasteiger partial charge in [0.15, 0.2) is 5.82 Å². The molecule has 0 bridgehead atoms. The van der Waals surface area contributed by atoms with Crippen molar-refractivity contribution in [2.45, 2.75) is 13.0 Å². The number of aromatic amines is 1. The average molecular weight is 273 g/mol. The first-order valence-electron chi connectivity index (χ1n) is 5.86. The molecule has 0 aromatic carbocycles. The Morgan fingerprint density at radius 1 is 1.67 bits per heavy atom. The topological polar surface area (TPSA) is 70.2 Å². The molecule has 0 unspecified atom stereocenters. The predicted molar refractivity (Wildman–Crippen MR) is 70.3 cm³/mol. The van der Waals surface area contributed by atoms with Gasteiger partial charge >= 0.3 is 0 Å². The van der Waals surface area contributed by atoms with E-state index in [2.05, 4.69) is 27.2 Å². The molecule has 0 radical (unpaired) electrons. The zero-order valence-electron chi connectivity index (χ0n) is 10.5. The second-order valence-electron chi connectivity index (χ2n) is 4.45. The Bertz CT molecular complexity index is 477. The fourth-order valence-electron chi connectivity index (χ4n) is 1.89. The monoisotopic (exact) mass is 272 g/mol. The molecule has 7 heteroatoms. The molecule has 100 valence electrons. The van der Waals surface area contributed by atoms with Crippen LogP contribution in [-0.4, -0.2) is 54.3 Å². The molecule has 18 heavy (non-hydrogen) atoms. The summed E-state index contributed by atoms with van der Waals surface area (Å²) in [5.74, 6) is 0.948. The molecule has 2 rings (SSSR count). The van der Waals surface area contributed by atoms with Crippen LogP contribution in [0.2, 0.25) is 5.02 Å². The molecule has 1 saturated heterocycles. The van der Waals surface area contributed by atoms with Crippen molar-refractivity contribution in [3.63, 3.8) is 0 Å². The highest BCUT2D eigenvalue weighted by molar-refractivity contribution is 6.32. The van der Waals surface area contributed by atoms with Crippen LogP contribution in [0.4, 0.5) is 5.82 Å². The van der Waals surface area contributed by atoms with Gasteiger partial charge in [-0.2, -0.15) is 0 Å². The summed E-state index contributed by atoms with van der Waals surface area (Å²) in [5.41, 5.74) is -0.326. The summed E-state index contributed by atoms with van der Waals surface area (Å²) in [6, 6.07) is 0. The second-order valence-corrected chi connectivity index (χ2v) is 4.83. The van der Waals surface area contributed by atoms with E-state index in [1.165, 1.54) is 0 Å². The van der Waals surface area contributed by atoms with Crippen molar-refractivity contribution < 1.29 is 4.74 Å². The molecule has 6 nitrogen and oxygen atoms in total. The summed E-state index contributed by atoms with van der Waals surface area (Å²) in [7, 11) is 2.05. The number of rotatable bonds is 3. The van der Waals surface area contributed by atoms with Gasteiger partial charge in [0.1, 0.15) is 10.8 Å². The van der Waals surface area contributed by atoms with Crippen LogP contribution in [0.1, 0.15) is 5.82 Å². The molecule has 0 amide bonds. The van der Waals surface area contributed by atoms with E-state index in [1.807, 2.05) is 0 Å². The van der Waals surface area contributed by atoms with E-state index in [-0.39, 0.29) is 16.7 Å². The SMILES string of the molecule is Cc1nc(NC[C@@H]2CN(C)CCO2)c(Cl)c(=O)[nH]1. The number of likely N-dealkylation sites (N-methyl/N-ethyl adjacent to an activating group) is 1. The van der Waals surface area contributed by atoms with E-state index in [9.17, 15) is 4.79 Å². The maximum atomic E-state index is 11.5. The van der Waals surface area contributed by atoms with Gasteiger partial charge < -0.3 is 19.9 Å². The summed E-state index contributed by atoms with van der Waals surface area (Å²) in [6.45, 7) is 4.82. The molecule has 1 aromatic heterocycles. The molecular formula is C11H17ClN4O2. The third-order valence-electron chi connectivity index (χ3n) is 2.82. The van der Waals surface area contributed by atoms with E-state index in [0.717, 1.165) is 19.7 Å². The third-order valence-corrected chi connectivity index (χ3v) is 3.17.